The lowest BCUT2D eigenvalue weighted by Crippen LogP contribution is -2.27. The number of methoxy groups -OCH3 is 3. The molecule has 2 atom stereocenters. The van der Waals surface area contributed by atoms with Crippen LogP contribution >= 0.6 is 11.6 Å². The molecule has 0 aliphatic carbocycles. The monoisotopic (exact) mass is 802 g/mol. The molecule has 58 heavy (non-hydrogen) atoms. The van der Waals surface area contributed by atoms with Crippen LogP contribution in [0, 0.1) is 18.6 Å². The fraction of sp³-hybridized carbons (Fsp3) is 0.174. The summed E-state index contributed by atoms with van der Waals surface area (Å²) in [6, 6.07) is 37.9. The molecule has 6 aromatic rings. The van der Waals surface area contributed by atoms with Gasteiger partial charge in [0.25, 0.3) is 12.0 Å². The molecule has 2 heterocycles. The molecule has 296 valence electrons. The highest BCUT2D eigenvalue weighted by Gasteiger charge is 2.42. The Kier molecular flexibility index (Phi) is 11.3. The quantitative estimate of drug-likeness (QED) is 0.150. The number of rotatable bonds is 9. The minimum Gasteiger partial charge on any atom is -0.497 e. The van der Waals surface area contributed by atoms with E-state index < -0.39 is 11.1 Å². The molecule has 4 N–H and O–H groups in total. The van der Waals surface area contributed by atoms with Crippen LogP contribution in [0.4, 0.5) is 8.78 Å². The number of ether oxygens (including phenoxy) is 5. The molecule has 0 radical (unpaired) electrons. The van der Waals surface area contributed by atoms with Gasteiger partial charge in [0.2, 0.25) is 0 Å². The second-order valence-electron chi connectivity index (χ2n) is 13.7. The van der Waals surface area contributed by atoms with Crippen molar-refractivity contribution in [2.75, 3.05) is 34.5 Å². The van der Waals surface area contributed by atoms with Crippen LogP contribution in [0.2, 0.25) is 5.02 Å². The number of hydrogen-bond donors (Lipinski definition) is 2. The molecule has 12 heteroatoms. The Morgan fingerprint density at radius 2 is 1.10 bits per heavy atom. The molecule has 0 bridgehead atoms. The van der Waals surface area contributed by atoms with E-state index in [1.807, 2.05) is 91.9 Å². The van der Waals surface area contributed by atoms with Gasteiger partial charge in [-0.3, -0.25) is 0 Å². The topological polar surface area (TPSA) is 123 Å². The molecule has 0 saturated heterocycles. The number of hydrogen-bond acceptors (Lipinski definition) is 9. The van der Waals surface area contributed by atoms with Crippen LogP contribution in [0.3, 0.4) is 0 Å². The van der Waals surface area contributed by atoms with E-state index in [1.165, 1.54) is 18.2 Å². The second kappa shape index (κ2) is 16.5. The Morgan fingerprint density at radius 3 is 1.71 bits per heavy atom. The lowest BCUT2D eigenvalue weighted by atomic mass is 9.82. The lowest BCUT2D eigenvalue weighted by molar-refractivity contribution is 0.278. The highest BCUT2D eigenvalue weighted by Crippen LogP contribution is 2.42. The van der Waals surface area contributed by atoms with Gasteiger partial charge < -0.3 is 35.2 Å². The number of nitrogens with zero attached hydrogens (tertiary/aromatic N) is 2. The van der Waals surface area contributed by atoms with Crippen LogP contribution < -0.4 is 25.7 Å². The van der Waals surface area contributed by atoms with E-state index >= 15 is 0 Å². The van der Waals surface area contributed by atoms with E-state index in [9.17, 15) is 8.78 Å². The van der Waals surface area contributed by atoms with E-state index in [-0.39, 0.29) is 36.9 Å². The first-order valence-corrected chi connectivity index (χ1v) is 18.6. The number of aryl methyl sites for hydroxylation is 1. The molecule has 0 amide bonds. The van der Waals surface area contributed by atoms with Gasteiger partial charge in [0.1, 0.15) is 42.1 Å². The highest BCUT2D eigenvalue weighted by atomic mass is 35.5. The zero-order chi connectivity index (χ0) is 41.0. The highest BCUT2D eigenvalue weighted by molar-refractivity contribution is 6.30. The van der Waals surface area contributed by atoms with Gasteiger partial charge in [0.15, 0.2) is 11.1 Å². The standard InChI is InChI=1S/C24H23FN2O3.C22H18ClFN2O2/c1-15-11-17(8-10-22(15)29-3)24(14-30-23(26)27-24)18-7-9-21(25)20(13-18)16-5-4-6-19(12-16)28-2;1-27-18-8-5-15(6-9-18)22(13-28-21(25)26-22)16-4-2-3-14(11-16)19-12-17(23)7-10-20(19)24/h4-13H,14H2,1-3H3,(H2,26,27);2-12H,13H2,1H3,(H2,25,26). The maximum Gasteiger partial charge on any atom is 0.283 e. The van der Waals surface area contributed by atoms with Gasteiger partial charge in [-0.25, -0.2) is 18.8 Å². The Hall–Kier alpha value is -6.59. The summed E-state index contributed by atoms with van der Waals surface area (Å²) in [5.41, 5.74) is 16.8. The largest absolute Gasteiger partial charge is 0.497 e. The predicted molar refractivity (Wildman–Crippen MR) is 223 cm³/mol. The second-order valence-corrected chi connectivity index (χ2v) is 14.2. The van der Waals surface area contributed by atoms with Crippen LogP contribution in [0.15, 0.2) is 137 Å². The van der Waals surface area contributed by atoms with Crippen molar-refractivity contribution in [2.45, 2.75) is 18.0 Å². The van der Waals surface area contributed by atoms with Crippen LogP contribution in [0.25, 0.3) is 22.3 Å². The molecule has 0 aromatic heterocycles. The molecule has 2 aliphatic rings. The van der Waals surface area contributed by atoms with Gasteiger partial charge in [-0.15, -0.1) is 0 Å². The van der Waals surface area contributed by atoms with Crippen molar-refractivity contribution >= 4 is 23.6 Å². The molecule has 0 saturated carbocycles. The summed E-state index contributed by atoms with van der Waals surface area (Å²) in [6.45, 7) is 2.45. The third-order valence-corrected chi connectivity index (χ3v) is 10.5. The van der Waals surface area contributed by atoms with Crippen LogP contribution in [0.1, 0.15) is 27.8 Å². The van der Waals surface area contributed by atoms with Crippen molar-refractivity contribution in [2.24, 2.45) is 21.5 Å². The first kappa shape index (κ1) is 39.6. The third kappa shape index (κ3) is 7.73. The van der Waals surface area contributed by atoms with Crippen LogP contribution in [-0.4, -0.2) is 46.6 Å². The van der Waals surface area contributed by atoms with Crippen LogP contribution in [0.5, 0.6) is 17.2 Å². The molecule has 2 unspecified atom stereocenters. The van der Waals surface area contributed by atoms with E-state index in [4.69, 9.17) is 46.8 Å². The Balaban J connectivity index is 0.000000177. The fourth-order valence-corrected chi connectivity index (χ4v) is 7.42. The lowest BCUT2D eigenvalue weighted by Gasteiger charge is -2.26. The summed E-state index contributed by atoms with van der Waals surface area (Å²) in [4.78, 5) is 9.24. The first-order valence-electron chi connectivity index (χ1n) is 18.2. The summed E-state index contributed by atoms with van der Waals surface area (Å²) in [6.07, 6.45) is 0. The molecule has 0 spiro atoms. The molecule has 0 fully saturated rings. The maximum atomic E-state index is 14.8. The molecule has 2 aliphatic heterocycles. The molecule has 6 aromatic carbocycles. The summed E-state index contributed by atoms with van der Waals surface area (Å²) in [7, 11) is 4.83. The number of benzene rings is 6. The maximum absolute atomic E-state index is 14.8. The predicted octanol–water partition coefficient (Wildman–Crippen LogP) is 9.15. The van der Waals surface area contributed by atoms with E-state index in [0.29, 0.717) is 33.0 Å². The van der Waals surface area contributed by atoms with Gasteiger partial charge >= 0.3 is 0 Å². The van der Waals surface area contributed by atoms with Crippen molar-refractivity contribution in [3.05, 3.63) is 172 Å². The molecule has 8 rings (SSSR count). The third-order valence-electron chi connectivity index (χ3n) is 10.3. The fourth-order valence-electron chi connectivity index (χ4n) is 7.25. The van der Waals surface area contributed by atoms with Gasteiger partial charge in [0.05, 0.1) is 21.3 Å². The van der Waals surface area contributed by atoms with Gasteiger partial charge in [-0.05, 0) is 119 Å². The van der Waals surface area contributed by atoms with Gasteiger partial charge in [0, 0.05) is 16.1 Å². The Morgan fingerprint density at radius 1 is 0.569 bits per heavy atom. The summed E-state index contributed by atoms with van der Waals surface area (Å²) < 4.78 is 56.2. The van der Waals surface area contributed by atoms with Crippen molar-refractivity contribution in [1.82, 2.24) is 0 Å². The average molecular weight is 803 g/mol. The number of aliphatic imine (C=N–C) groups is 2. The summed E-state index contributed by atoms with van der Waals surface area (Å²) >= 11 is 6.07. The molecule has 9 nitrogen and oxygen atoms in total. The van der Waals surface area contributed by atoms with Gasteiger partial charge in [-0.2, -0.15) is 0 Å². The first-order chi connectivity index (χ1) is 28.0. The SMILES string of the molecule is COc1ccc(C2(c3cccc(-c4cc(Cl)ccc4F)c3)COC(N)=N2)cc1.COc1cccc(-c2cc(C3(c4ccc(OC)c(C)c4)COC(N)=N3)ccc2F)c1. The van der Waals surface area contributed by atoms with Crippen LogP contribution in [-0.2, 0) is 20.6 Å². The number of amidine groups is 2. The van der Waals surface area contributed by atoms with Crippen molar-refractivity contribution in [3.8, 4) is 39.5 Å². The Labute approximate surface area is 340 Å². The smallest absolute Gasteiger partial charge is 0.283 e. The Bertz CT molecular complexity index is 2530. The average Bonchev–Trinajstić information content (AvgIpc) is 3.86. The minimum absolute atomic E-state index is 0.107. The summed E-state index contributed by atoms with van der Waals surface area (Å²) in [5, 5.41) is 0.470. The van der Waals surface area contributed by atoms with E-state index in [1.54, 1.807) is 45.6 Å². The van der Waals surface area contributed by atoms with Crippen molar-refractivity contribution in [3.63, 3.8) is 0 Å². The van der Waals surface area contributed by atoms with E-state index in [0.717, 1.165) is 39.3 Å². The number of nitrogens with two attached hydrogens (primary N) is 2. The minimum atomic E-state index is -0.873. The molecular weight excluding hydrogens is 762 g/mol. The van der Waals surface area contributed by atoms with Crippen molar-refractivity contribution in [1.29, 1.82) is 0 Å². The normalized spacial score (nSPS) is 18.2. The van der Waals surface area contributed by atoms with Crippen molar-refractivity contribution < 1.29 is 32.5 Å². The van der Waals surface area contributed by atoms with E-state index in [2.05, 4.69) is 9.98 Å². The summed E-state index contributed by atoms with van der Waals surface area (Å²) in [5.74, 6) is 1.50. The zero-order valence-corrected chi connectivity index (χ0v) is 33.0. The van der Waals surface area contributed by atoms with Gasteiger partial charge in [-0.1, -0.05) is 66.2 Å². The number of halogens is 3. The molecular formula is C46H41ClF2N4O5. The zero-order valence-electron chi connectivity index (χ0n) is 32.3.